The van der Waals surface area contributed by atoms with Crippen molar-refractivity contribution < 1.29 is 133 Å². The summed E-state index contributed by atoms with van der Waals surface area (Å²) in [5, 5.41) is 42.9. The Morgan fingerprint density at radius 2 is 1.28 bits per heavy atom. The fourth-order valence-corrected chi connectivity index (χ4v) is 20.5. The summed E-state index contributed by atoms with van der Waals surface area (Å²) >= 11 is 0. The average Bonchev–Trinajstić information content (AvgIpc) is 1.47. The number of ketones is 3. The maximum atomic E-state index is 18.1. The van der Waals surface area contributed by atoms with Gasteiger partial charge in [0.2, 0.25) is 41.4 Å². The summed E-state index contributed by atoms with van der Waals surface area (Å²) in [6.07, 6.45) is 4.01. The van der Waals surface area contributed by atoms with Crippen molar-refractivity contribution in [2.75, 3.05) is 176 Å². The van der Waals surface area contributed by atoms with Crippen molar-refractivity contribution in [3.05, 3.63) is 130 Å². The Labute approximate surface area is 865 Å². The zero-order valence-electron chi connectivity index (χ0n) is 86.9. The highest BCUT2D eigenvalue weighted by Gasteiger charge is 2.80. The third kappa shape index (κ3) is 33.5. The lowest BCUT2D eigenvalue weighted by Gasteiger charge is -2.63. The summed E-state index contributed by atoms with van der Waals surface area (Å²) < 4.78 is 107. The molecule has 11 N–H and O–H groups in total. The van der Waals surface area contributed by atoms with E-state index in [1.807, 2.05) is 60.1 Å². The molecule has 2 unspecified atom stereocenters. The average molecular weight is 2070 g/mol. The monoisotopic (exact) mass is 2070 g/mol. The number of hydrogen-bond donors (Lipinski definition) is 10. The van der Waals surface area contributed by atoms with Gasteiger partial charge in [-0.3, -0.25) is 47.9 Å². The third-order valence-electron chi connectivity index (χ3n) is 28.3. The molecular formula is C107H153F2N14O25+. The second kappa shape index (κ2) is 58.4. The summed E-state index contributed by atoms with van der Waals surface area (Å²) in [5.41, 5.74) is 3.65. The lowest BCUT2D eigenvalue weighted by molar-refractivity contribution is -0.870. The van der Waals surface area contributed by atoms with Crippen LogP contribution in [0.15, 0.2) is 96.6 Å². The molecule has 4 fully saturated rings. The van der Waals surface area contributed by atoms with Gasteiger partial charge in [0.15, 0.2) is 29.1 Å². The highest BCUT2D eigenvalue weighted by Crippen LogP contribution is 2.72. The predicted octanol–water partition coefficient (Wildman–Crippen LogP) is 7.75. The number of nitrogens with zero attached hydrogens (tertiary/aromatic N) is 5. The van der Waals surface area contributed by atoms with Crippen LogP contribution in [0.1, 0.15) is 203 Å². The Hall–Kier alpha value is -11.0. The summed E-state index contributed by atoms with van der Waals surface area (Å²) in [6.45, 7) is 13.9. The van der Waals surface area contributed by atoms with Gasteiger partial charge in [0.05, 0.1) is 177 Å². The van der Waals surface area contributed by atoms with E-state index in [1.54, 1.807) is 37.8 Å². The second-order valence-electron chi connectivity index (χ2n) is 40.4. The van der Waals surface area contributed by atoms with E-state index in [4.69, 9.17) is 62.6 Å². The number of carbonyl (C=O) groups is 12. The summed E-state index contributed by atoms with van der Waals surface area (Å²) in [4.78, 5) is 164. The molecule has 3 heterocycles. The summed E-state index contributed by atoms with van der Waals surface area (Å²) in [6, 6.07) is 16.7. The van der Waals surface area contributed by atoms with E-state index in [2.05, 4.69) is 85.8 Å². The first-order valence-corrected chi connectivity index (χ1v) is 52.2. The Balaban J connectivity index is 0.622. The van der Waals surface area contributed by atoms with E-state index >= 15 is 8.78 Å². The lowest BCUT2D eigenvalue weighted by Crippen LogP contribution is -2.71. The number of aromatic nitrogens is 3. The fraction of sp³-hybridized carbons (Fsp3) is 0.645. The van der Waals surface area contributed by atoms with Crippen LogP contribution in [0.5, 0.6) is 0 Å². The molecule has 0 bridgehead atoms. The smallest absolute Gasteiger partial charge is 0.407 e. The molecule has 3 saturated carbocycles. The number of halogens is 2. The number of ether oxygens (including phenoxy) is 12. The zero-order valence-corrected chi connectivity index (χ0v) is 86.9. The second-order valence-corrected chi connectivity index (χ2v) is 40.4. The van der Waals surface area contributed by atoms with Gasteiger partial charge in [-0.05, 0) is 155 Å². The molecular weight excluding hydrogens is 1920 g/mol. The molecule has 148 heavy (non-hydrogen) atoms. The number of quaternary nitrogens is 1. The Morgan fingerprint density at radius 1 is 0.649 bits per heavy atom. The summed E-state index contributed by atoms with van der Waals surface area (Å²) in [7, 11) is 6.32. The molecule has 14 atom stereocenters. The number of alkyl carbamates (subject to hydrolysis) is 1. The van der Waals surface area contributed by atoms with Crippen LogP contribution in [0, 0.1) is 40.4 Å². The highest BCUT2D eigenvalue weighted by atomic mass is 19.1. The maximum absolute atomic E-state index is 18.1. The van der Waals surface area contributed by atoms with Crippen molar-refractivity contribution in [1.82, 2.24) is 52.2 Å². The van der Waals surface area contributed by atoms with Gasteiger partial charge in [0.25, 0.3) is 0 Å². The van der Waals surface area contributed by atoms with Crippen LogP contribution in [-0.4, -0.2) is 316 Å². The van der Waals surface area contributed by atoms with E-state index in [-0.39, 0.29) is 178 Å². The van der Waals surface area contributed by atoms with E-state index in [1.165, 1.54) is 31.2 Å². The molecule has 5 aliphatic carbocycles. The van der Waals surface area contributed by atoms with Crippen molar-refractivity contribution in [3.8, 4) is 11.8 Å². The van der Waals surface area contributed by atoms with Gasteiger partial charge < -0.3 is 120 Å². The molecule has 0 spiro atoms. The van der Waals surface area contributed by atoms with Gasteiger partial charge >= 0.3 is 12.1 Å². The van der Waals surface area contributed by atoms with Gasteiger partial charge in [0, 0.05) is 91.7 Å². The number of rotatable bonds is 64. The van der Waals surface area contributed by atoms with Crippen LogP contribution in [0.2, 0.25) is 0 Å². The number of nitrogens with one attached hydrogen (secondary N) is 8. The lowest BCUT2D eigenvalue weighted by atomic mass is 9.44. The summed E-state index contributed by atoms with van der Waals surface area (Å²) in [5.74, 6) is -0.506. The molecule has 4 aromatic rings. The fourth-order valence-electron chi connectivity index (χ4n) is 20.5. The third-order valence-corrected chi connectivity index (χ3v) is 28.3. The first-order chi connectivity index (χ1) is 71.1. The first-order valence-electron chi connectivity index (χ1n) is 52.2. The molecule has 1 saturated heterocycles. The van der Waals surface area contributed by atoms with E-state index in [0.717, 1.165) is 71.6 Å². The van der Waals surface area contributed by atoms with E-state index in [0.29, 0.717) is 128 Å². The quantitative estimate of drug-likeness (QED) is 0.0115. The molecule has 7 aliphatic rings. The molecule has 1 aromatic heterocycles. The minimum absolute atomic E-state index is 0.00222. The maximum Gasteiger partial charge on any atom is 0.407 e. The Morgan fingerprint density at radius 3 is 1.97 bits per heavy atom. The van der Waals surface area contributed by atoms with Crippen molar-refractivity contribution in [3.63, 3.8) is 0 Å². The number of urea groups is 1. The number of unbranched alkanes of at least 4 members (excludes halogenated alkanes) is 1. The van der Waals surface area contributed by atoms with Crippen molar-refractivity contribution in [2.45, 2.75) is 249 Å². The van der Waals surface area contributed by atoms with Crippen molar-refractivity contribution in [1.29, 1.82) is 0 Å². The number of alkyl halides is 2. The Kier molecular flexibility index (Phi) is 46.3. The molecule has 3 aromatic carbocycles. The molecule has 10 amide bonds. The van der Waals surface area contributed by atoms with Gasteiger partial charge in [-0.25, -0.2) is 23.1 Å². The normalized spacial score (nSPS) is 22.6. The number of carbonyl (C=O) groups excluding carboxylic acids is 12. The molecule has 39 nitrogen and oxygen atoms in total. The molecule has 814 valence electrons. The highest BCUT2D eigenvalue weighted by molar-refractivity contribution is 6.02. The number of aliphatic hydroxyl groups is 1. The SMILES string of the molecule is CCCC1O[C@@H]2C[C@H]3[C@@H]4C[C@H](F)C5=CC(=O)C=C[C@]5(C)[C@@]4(F)[C@@H](O)C[C@]3(C)[C@]2(C(=O)CNC(=O)OCc2ccc(NC(=O)[C@H](CCCNC(N)=O)NC(=O)[C@@H](NC(=O)[C@@H](CCCCNC(=O)COC3CCCCCc4c3nnn4CCOCCOCCOCCOCCC(=O)CCC[N+](C)(C)C)NC(=O)CCOCCOCCOCCOCCNC(=O)CCC(=O)N3Cc4ccccc4C#Cc4ccccc43)C(C)C)cc2)O1. The van der Waals surface area contributed by atoms with Crippen LogP contribution in [0.25, 0.3) is 0 Å². The zero-order chi connectivity index (χ0) is 106. The molecule has 41 heteroatoms. The number of amides is 10. The first kappa shape index (κ1) is 117. The Bertz CT molecular complexity index is 5210. The van der Waals surface area contributed by atoms with Gasteiger partial charge in [-0.15, -0.1) is 5.10 Å². The van der Waals surface area contributed by atoms with Gasteiger partial charge in [-0.2, -0.15) is 0 Å². The van der Waals surface area contributed by atoms with Crippen molar-refractivity contribution >= 4 is 82.2 Å². The van der Waals surface area contributed by atoms with E-state index in [9.17, 15) is 62.6 Å². The number of para-hydroxylation sites is 1. The number of fused-ring (bicyclic) bond motifs is 10. The standard InChI is InChI=1S/C107H152F2N14O25/c1-9-21-96-147-91-66-80-81-65-83(108)82-64-79(125)39-42-104(82,4)106(81,109)89(126)67-105(80,5)107(91,148-96)90(127)68-114-103(136)146-70-73-31-35-77(36-32-73)115-99(132)85(27-19-44-113-102(110)135)117-101(134)97(72(2)3)118-100(133)84(116-93(129)41-49-138-53-57-142-60-62-143-58-54-139-50-45-112-92(128)37-38-95(131)121-69-76-24-14-13-22-74(76)33-34-75-23-15-16-28-86(75)121)26-17-18-43-111-94(130)71-145-88-30-12-10-11-29-87-98(88)119-120-122(87)46-51-140-55-59-144-63-61-141-56-52-137-48-40-78(124)25-20-47-123(6,7)8/h13-16,22-24,28,31-32,35-36,39,42,64,72,80-81,83-85,88-89,91,96-97,126H,9-12,17-21,25-27,29-30,37-38,40-41,43-63,65-71H2,1-8H3,(H9-,110,111,112,113,114,115,116,117,118,128,129,130,132,133,134,135,136)/p+1/t80-,81-,83-,84+,85-,88?,89-,91+,96?,97-,104-,105-,106-,107+/m0/s1. The number of allylic oxidation sites excluding steroid dienone is 4. The van der Waals surface area contributed by atoms with Crippen LogP contribution < -0.4 is 53.2 Å². The number of anilines is 2. The molecule has 0 radical (unpaired) electrons. The van der Waals surface area contributed by atoms with Crippen LogP contribution in [0.3, 0.4) is 0 Å². The predicted molar refractivity (Wildman–Crippen MR) is 540 cm³/mol. The number of Topliss-reactive ketones (excluding diaryl/α,β-unsaturated/α-hetero) is 2. The van der Waals surface area contributed by atoms with Crippen LogP contribution in [0.4, 0.5) is 29.7 Å². The number of primary amides is 1. The van der Waals surface area contributed by atoms with Gasteiger partial charge in [-0.1, -0.05) is 113 Å². The minimum Gasteiger partial charge on any atom is -0.445 e. The number of hydrogen-bond acceptors (Lipinski definition) is 27. The van der Waals surface area contributed by atoms with E-state index < -0.39 is 143 Å². The van der Waals surface area contributed by atoms with Crippen molar-refractivity contribution in [2.24, 2.45) is 34.3 Å². The topological polar surface area (TPSA) is 492 Å². The van der Waals surface area contributed by atoms with Gasteiger partial charge in [0.1, 0.15) is 55.1 Å². The number of aliphatic hydroxyl groups excluding tert-OH is 1. The minimum atomic E-state index is -2.42. The number of benzene rings is 3. The van der Waals surface area contributed by atoms with Crippen LogP contribution in [-0.2, 0) is 131 Å². The molecule has 11 rings (SSSR count). The largest absolute Gasteiger partial charge is 0.445 e. The number of nitrogens with two attached hydrogens (primary N) is 1. The molecule has 2 aliphatic heterocycles. The van der Waals surface area contributed by atoms with Crippen LogP contribution >= 0.6 is 0 Å².